The molecule has 0 saturated heterocycles. The molecule has 4 rings (SSSR count). The molecule has 2 aliphatic rings. The van der Waals surface area contributed by atoms with Crippen LogP contribution in [0.15, 0.2) is 53.7 Å². The summed E-state index contributed by atoms with van der Waals surface area (Å²) in [5.41, 5.74) is 15.7. The van der Waals surface area contributed by atoms with Crippen molar-refractivity contribution in [2.45, 2.75) is 19.3 Å². The monoisotopic (exact) mass is 416 g/mol. The summed E-state index contributed by atoms with van der Waals surface area (Å²) in [5.74, 6) is 0.573. The largest absolute Gasteiger partial charge is 0.370 e. The first-order valence-electron chi connectivity index (χ1n) is 10.1. The summed E-state index contributed by atoms with van der Waals surface area (Å²) in [6.45, 7) is 1.18. The maximum absolute atomic E-state index is 12.6. The first kappa shape index (κ1) is 20.3. The molecular weight excluding hydrogens is 392 g/mol. The van der Waals surface area contributed by atoms with Gasteiger partial charge in [0.15, 0.2) is 5.96 Å². The minimum atomic E-state index is -0.0458. The van der Waals surface area contributed by atoms with Crippen LogP contribution in [0.2, 0.25) is 0 Å². The van der Waals surface area contributed by atoms with E-state index in [0.717, 1.165) is 23.1 Å². The molecule has 3 heterocycles. The lowest BCUT2D eigenvalue weighted by Gasteiger charge is -2.25. The van der Waals surface area contributed by atoms with E-state index in [9.17, 15) is 9.59 Å². The predicted molar refractivity (Wildman–Crippen MR) is 121 cm³/mol. The van der Waals surface area contributed by atoms with Crippen molar-refractivity contribution in [3.05, 3.63) is 65.4 Å². The highest BCUT2D eigenvalue weighted by molar-refractivity contribution is 5.94. The maximum atomic E-state index is 12.6. The van der Waals surface area contributed by atoms with E-state index in [1.807, 2.05) is 30.3 Å². The van der Waals surface area contributed by atoms with Crippen molar-refractivity contribution in [3.8, 4) is 0 Å². The number of aliphatic imine (C=N–C) groups is 1. The quantitative estimate of drug-likeness (QED) is 0.400. The molecule has 0 bridgehead atoms. The number of hydrogen-bond donors (Lipinski definition) is 3. The Morgan fingerprint density at radius 3 is 2.84 bits per heavy atom. The van der Waals surface area contributed by atoms with Gasteiger partial charge in [0, 0.05) is 31.8 Å². The van der Waals surface area contributed by atoms with Gasteiger partial charge in [0.05, 0.1) is 5.69 Å². The number of pyridine rings is 1. The molecule has 2 aliphatic heterocycles. The number of carbonyl (C=O) groups excluding carboxylic acids is 2. The molecule has 0 spiro atoms. The van der Waals surface area contributed by atoms with Crippen LogP contribution in [0, 0.1) is 0 Å². The van der Waals surface area contributed by atoms with E-state index in [1.54, 1.807) is 23.2 Å². The van der Waals surface area contributed by atoms with Gasteiger partial charge >= 0.3 is 0 Å². The predicted octanol–water partition coefficient (Wildman–Crippen LogP) is 2.20. The van der Waals surface area contributed by atoms with E-state index in [-0.39, 0.29) is 17.8 Å². The Hall–Kier alpha value is -3.94. The molecule has 1 aromatic heterocycles. The number of aromatic nitrogens is 1. The van der Waals surface area contributed by atoms with Crippen LogP contribution in [-0.2, 0) is 16.0 Å². The highest BCUT2D eigenvalue weighted by Crippen LogP contribution is 2.26. The van der Waals surface area contributed by atoms with Gasteiger partial charge in [-0.15, -0.1) is 0 Å². The number of anilines is 1. The van der Waals surface area contributed by atoms with Crippen molar-refractivity contribution in [2.24, 2.45) is 16.5 Å². The number of carbonyl (C=O) groups is 2. The molecule has 2 amide bonds. The highest BCUT2D eigenvalue weighted by Gasteiger charge is 2.17. The van der Waals surface area contributed by atoms with Crippen LogP contribution >= 0.6 is 0 Å². The van der Waals surface area contributed by atoms with Crippen molar-refractivity contribution in [1.82, 2.24) is 9.88 Å². The Kier molecular flexibility index (Phi) is 5.79. The zero-order chi connectivity index (χ0) is 21.8. The van der Waals surface area contributed by atoms with E-state index in [1.165, 1.54) is 5.57 Å². The van der Waals surface area contributed by atoms with Gasteiger partial charge in [0.1, 0.15) is 5.82 Å². The molecule has 31 heavy (non-hydrogen) atoms. The minimum absolute atomic E-state index is 0.0149. The summed E-state index contributed by atoms with van der Waals surface area (Å²) in [6, 6.07) is 9.67. The summed E-state index contributed by atoms with van der Waals surface area (Å²) in [4.78, 5) is 34.2. The van der Waals surface area contributed by atoms with E-state index < -0.39 is 0 Å². The molecule has 5 N–H and O–H groups in total. The number of fused-ring (bicyclic) bond motifs is 1. The molecule has 2 aromatic rings. The molecule has 158 valence electrons. The third-order valence-corrected chi connectivity index (χ3v) is 5.28. The molecule has 0 atom stereocenters. The number of amides is 2. The van der Waals surface area contributed by atoms with E-state index in [2.05, 4.69) is 21.4 Å². The smallest absolute Gasteiger partial charge is 0.246 e. The van der Waals surface area contributed by atoms with Crippen LogP contribution in [0.5, 0.6) is 0 Å². The third-order valence-electron chi connectivity index (χ3n) is 5.28. The molecule has 1 aromatic carbocycles. The van der Waals surface area contributed by atoms with Crippen LogP contribution in [0.3, 0.4) is 0 Å². The first-order chi connectivity index (χ1) is 15.0. The van der Waals surface area contributed by atoms with Crippen LogP contribution in [0.1, 0.15) is 29.5 Å². The second-order valence-corrected chi connectivity index (χ2v) is 7.51. The zero-order valence-electron chi connectivity index (χ0n) is 17.0. The molecule has 0 saturated carbocycles. The number of aryl methyl sites for hydroxylation is 1. The first-order valence-corrected chi connectivity index (χ1v) is 10.1. The number of nitrogens with one attached hydrogen (secondary N) is 1. The van der Waals surface area contributed by atoms with Crippen LogP contribution in [0.4, 0.5) is 11.5 Å². The van der Waals surface area contributed by atoms with Gasteiger partial charge in [-0.25, -0.2) is 9.98 Å². The van der Waals surface area contributed by atoms with E-state index in [4.69, 9.17) is 11.5 Å². The van der Waals surface area contributed by atoms with Crippen LogP contribution in [-0.4, -0.2) is 40.7 Å². The van der Waals surface area contributed by atoms with Gasteiger partial charge in [-0.3, -0.25) is 9.59 Å². The second kappa shape index (κ2) is 8.83. The van der Waals surface area contributed by atoms with Gasteiger partial charge in [0.2, 0.25) is 11.8 Å². The fraction of sp³-hybridized carbons (Fsp3) is 0.217. The van der Waals surface area contributed by atoms with Crippen molar-refractivity contribution in [1.29, 1.82) is 0 Å². The summed E-state index contributed by atoms with van der Waals surface area (Å²) in [7, 11) is 0. The average Bonchev–Trinajstić information content (AvgIpc) is 2.77. The fourth-order valence-corrected chi connectivity index (χ4v) is 3.69. The summed E-state index contributed by atoms with van der Waals surface area (Å²) < 4.78 is 0. The summed E-state index contributed by atoms with van der Waals surface area (Å²) in [5, 5.41) is 2.76. The second-order valence-electron chi connectivity index (χ2n) is 7.51. The topological polar surface area (TPSA) is 127 Å². The van der Waals surface area contributed by atoms with Crippen molar-refractivity contribution in [3.63, 3.8) is 0 Å². The van der Waals surface area contributed by atoms with Crippen LogP contribution in [0.25, 0.3) is 11.6 Å². The number of rotatable bonds is 4. The Morgan fingerprint density at radius 1 is 1.19 bits per heavy atom. The summed E-state index contributed by atoms with van der Waals surface area (Å²) in [6.07, 6.45) is 8.93. The van der Waals surface area contributed by atoms with Crippen molar-refractivity contribution >= 4 is 40.9 Å². The average molecular weight is 416 g/mol. The minimum Gasteiger partial charge on any atom is -0.370 e. The molecule has 8 heteroatoms. The lowest BCUT2D eigenvalue weighted by atomic mass is 9.99. The lowest BCUT2D eigenvalue weighted by Crippen LogP contribution is -2.33. The van der Waals surface area contributed by atoms with Gasteiger partial charge < -0.3 is 21.7 Å². The maximum Gasteiger partial charge on any atom is 0.246 e. The molecular formula is C23H24N6O2. The lowest BCUT2D eigenvalue weighted by molar-refractivity contribution is -0.125. The normalized spacial score (nSPS) is 15.8. The standard InChI is InChI=1S/C23H24N6O2/c24-23(25)27-19-3-1-2-17(13-19)16-8-10-29(11-9-16)21(31)7-4-15-12-18-5-6-20(30)28-22(18)26-14-15/h1-4,7-8,12-14H,5-6,9-11H2,(H4,24,25,27)(H,26,28,30). The van der Waals surface area contributed by atoms with Crippen molar-refractivity contribution < 1.29 is 9.59 Å². The Morgan fingerprint density at radius 2 is 2.06 bits per heavy atom. The number of benzene rings is 1. The summed E-state index contributed by atoms with van der Waals surface area (Å²) >= 11 is 0. The van der Waals surface area contributed by atoms with Gasteiger partial charge in [-0.1, -0.05) is 18.2 Å². The number of nitrogens with zero attached hydrogens (tertiary/aromatic N) is 3. The third kappa shape index (κ3) is 4.98. The van der Waals surface area contributed by atoms with Gasteiger partial charge in [0.25, 0.3) is 0 Å². The van der Waals surface area contributed by atoms with E-state index in [0.29, 0.717) is 37.4 Å². The number of nitrogens with two attached hydrogens (primary N) is 2. The Bertz CT molecular complexity index is 1110. The fourth-order valence-electron chi connectivity index (χ4n) is 3.69. The van der Waals surface area contributed by atoms with Crippen molar-refractivity contribution in [2.75, 3.05) is 18.4 Å². The zero-order valence-corrected chi connectivity index (χ0v) is 17.0. The molecule has 0 radical (unpaired) electrons. The van der Waals surface area contributed by atoms with Gasteiger partial charge in [-0.2, -0.15) is 0 Å². The Labute approximate surface area is 180 Å². The van der Waals surface area contributed by atoms with Gasteiger partial charge in [-0.05, 0) is 59.4 Å². The molecule has 8 nitrogen and oxygen atoms in total. The van der Waals surface area contributed by atoms with Crippen LogP contribution < -0.4 is 16.8 Å². The number of hydrogen-bond acceptors (Lipinski definition) is 4. The number of guanidine groups is 1. The SMILES string of the molecule is NC(N)=Nc1cccc(C2=CCN(C(=O)C=Cc3cnc4c(c3)CCC(=O)N4)CC2)c1. The Balaban J connectivity index is 1.40. The van der Waals surface area contributed by atoms with E-state index >= 15 is 0 Å². The molecule has 0 aliphatic carbocycles. The highest BCUT2D eigenvalue weighted by atomic mass is 16.2. The molecule has 0 unspecified atom stereocenters. The molecule has 0 fully saturated rings.